The van der Waals surface area contributed by atoms with Crippen LogP contribution in [0.5, 0.6) is 0 Å². The minimum absolute atomic E-state index is 0. The van der Waals surface area contributed by atoms with Crippen molar-refractivity contribution in [3.05, 3.63) is 54.1 Å². The van der Waals surface area contributed by atoms with Crippen LogP contribution in [0.4, 0.5) is 13.9 Å². The average molecular weight is 500 g/mol. The molecule has 32 heavy (non-hydrogen) atoms. The predicted molar refractivity (Wildman–Crippen MR) is 128 cm³/mol. The van der Waals surface area contributed by atoms with E-state index in [0.29, 0.717) is 21.9 Å². The minimum atomic E-state index is -0.388. The zero-order valence-electron chi connectivity index (χ0n) is 17.3. The SMILES string of the molecule is Cl.O=C(CSc1ccc(F)cc1)N(CCCN1CCOCC1)c1nc2c(F)cccc2s1. The maximum atomic E-state index is 14.1. The first-order valence-corrected chi connectivity index (χ1v) is 11.9. The van der Waals surface area contributed by atoms with Crippen molar-refractivity contribution in [2.24, 2.45) is 0 Å². The van der Waals surface area contributed by atoms with E-state index < -0.39 is 0 Å². The molecular weight excluding hydrogens is 476 g/mol. The summed E-state index contributed by atoms with van der Waals surface area (Å²) < 4.78 is 33.4. The smallest absolute Gasteiger partial charge is 0.239 e. The second-order valence-corrected chi connectivity index (χ2v) is 9.24. The lowest BCUT2D eigenvalue weighted by Crippen LogP contribution is -2.39. The van der Waals surface area contributed by atoms with Gasteiger partial charge < -0.3 is 4.74 Å². The number of hydrogen-bond acceptors (Lipinski definition) is 6. The topological polar surface area (TPSA) is 45.7 Å². The van der Waals surface area contributed by atoms with Gasteiger partial charge >= 0.3 is 0 Å². The number of nitrogens with zero attached hydrogens (tertiary/aromatic N) is 3. The number of para-hydroxylation sites is 1. The molecule has 4 rings (SSSR count). The Morgan fingerprint density at radius 1 is 1.16 bits per heavy atom. The Labute approximate surface area is 200 Å². The molecular formula is C22H24ClF2N3O2S2. The van der Waals surface area contributed by atoms with Crippen LogP contribution >= 0.6 is 35.5 Å². The molecule has 0 atom stereocenters. The first-order chi connectivity index (χ1) is 15.1. The molecule has 1 saturated heterocycles. The normalized spacial score (nSPS) is 14.3. The highest BCUT2D eigenvalue weighted by Gasteiger charge is 2.21. The predicted octanol–water partition coefficient (Wildman–Crippen LogP) is 4.84. The summed E-state index contributed by atoms with van der Waals surface area (Å²) in [6.45, 7) is 4.60. The summed E-state index contributed by atoms with van der Waals surface area (Å²) in [6, 6.07) is 10.9. The Morgan fingerprint density at radius 3 is 2.62 bits per heavy atom. The molecule has 0 radical (unpaired) electrons. The van der Waals surface area contributed by atoms with Gasteiger partial charge in [0.1, 0.15) is 17.2 Å². The largest absolute Gasteiger partial charge is 0.379 e. The Bertz CT molecular complexity index is 1030. The molecule has 10 heteroatoms. The fourth-order valence-corrected chi connectivity index (χ4v) is 5.17. The number of anilines is 1. The Balaban J connectivity index is 0.00000289. The molecule has 1 aromatic heterocycles. The number of rotatable bonds is 8. The monoisotopic (exact) mass is 499 g/mol. The van der Waals surface area contributed by atoms with Crippen molar-refractivity contribution in [3.63, 3.8) is 0 Å². The number of halogens is 3. The van der Waals surface area contributed by atoms with E-state index in [4.69, 9.17) is 4.74 Å². The van der Waals surface area contributed by atoms with Crippen LogP contribution in [0.1, 0.15) is 6.42 Å². The number of carbonyl (C=O) groups excluding carboxylic acids is 1. The summed E-state index contributed by atoms with van der Waals surface area (Å²) in [6.07, 6.45) is 0.783. The highest BCUT2D eigenvalue weighted by Crippen LogP contribution is 2.31. The van der Waals surface area contributed by atoms with Crippen molar-refractivity contribution in [1.29, 1.82) is 0 Å². The molecule has 2 heterocycles. The van der Waals surface area contributed by atoms with E-state index in [1.54, 1.807) is 23.1 Å². The van der Waals surface area contributed by atoms with Crippen molar-refractivity contribution in [2.45, 2.75) is 11.3 Å². The molecule has 5 nitrogen and oxygen atoms in total. The Morgan fingerprint density at radius 2 is 1.91 bits per heavy atom. The number of amides is 1. The maximum absolute atomic E-state index is 14.1. The fourth-order valence-electron chi connectivity index (χ4n) is 3.38. The minimum Gasteiger partial charge on any atom is -0.379 e. The van der Waals surface area contributed by atoms with Gasteiger partial charge in [-0.3, -0.25) is 14.6 Å². The number of aromatic nitrogens is 1. The summed E-state index contributed by atoms with van der Waals surface area (Å²) in [7, 11) is 0. The van der Waals surface area contributed by atoms with Crippen molar-refractivity contribution < 1.29 is 18.3 Å². The van der Waals surface area contributed by atoms with Gasteiger partial charge in [-0.25, -0.2) is 13.8 Å². The van der Waals surface area contributed by atoms with Crippen molar-refractivity contribution >= 4 is 56.8 Å². The number of morpholine rings is 1. The summed E-state index contributed by atoms with van der Waals surface area (Å²) in [5, 5.41) is 0.506. The lowest BCUT2D eigenvalue weighted by molar-refractivity contribution is -0.116. The van der Waals surface area contributed by atoms with Crippen LogP contribution in [-0.4, -0.2) is 60.9 Å². The van der Waals surface area contributed by atoms with Crippen LogP contribution in [-0.2, 0) is 9.53 Å². The molecule has 3 aromatic rings. The van der Waals surface area contributed by atoms with E-state index in [9.17, 15) is 13.6 Å². The maximum Gasteiger partial charge on any atom is 0.239 e. The van der Waals surface area contributed by atoms with E-state index in [2.05, 4.69) is 9.88 Å². The molecule has 0 spiro atoms. The molecule has 0 unspecified atom stereocenters. The number of fused-ring (bicyclic) bond motifs is 1. The molecule has 1 aliphatic heterocycles. The zero-order valence-corrected chi connectivity index (χ0v) is 19.8. The van der Waals surface area contributed by atoms with Gasteiger partial charge in [0.05, 0.1) is 23.7 Å². The lowest BCUT2D eigenvalue weighted by atomic mass is 10.3. The van der Waals surface area contributed by atoms with E-state index >= 15 is 0 Å². The highest BCUT2D eigenvalue weighted by atomic mass is 35.5. The number of thioether (sulfide) groups is 1. The first-order valence-electron chi connectivity index (χ1n) is 10.1. The molecule has 0 bridgehead atoms. The Hall–Kier alpha value is -1.78. The Kier molecular flexibility index (Phi) is 9.24. The first kappa shape index (κ1) is 24.9. The number of ether oxygens (including phenoxy) is 1. The van der Waals surface area contributed by atoms with Gasteiger partial charge in [0.15, 0.2) is 5.13 Å². The number of carbonyl (C=O) groups is 1. The van der Waals surface area contributed by atoms with Gasteiger partial charge in [-0.2, -0.15) is 0 Å². The van der Waals surface area contributed by atoms with E-state index in [1.165, 1.54) is 41.3 Å². The quantitative estimate of drug-likeness (QED) is 0.415. The summed E-state index contributed by atoms with van der Waals surface area (Å²) in [5.41, 5.74) is 0.291. The van der Waals surface area contributed by atoms with E-state index in [0.717, 1.165) is 44.2 Å². The van der Waals surface area contributed by atoms with Crippen LogP contribution < -0.4 is 4.90 Å². The van der Waals surface area contributed by atoms with Crippen LogP contribution in [0.3, 0.4) is 0 Å². The lowest BCUT2D eigenvalue weighted by Gasteiger charge is -2.27. The fraction of sp³-hybridized carbons (Fsp3) is 0.364. The van der Waals surface area contributed by atoms with Crippen LogP contribution in [0.25, 0.3) is 10.2 Å². The standard InChI is InChI=1S/C22H23F2N3O2S2.ClH/c23-16-5-7-17(8-6-16)30-15-20(28)27(10-2-9-26-11-13-29-14-12-26)22-25-21-18(24)3-1-4-19(21)31-22;/h1,3-8H,2,9-15H2;1H. The third-order valence-corrected chi connectivity index (χ3v) is 7.07. The molecule has 1 aliphatic rings. The molecule has 1 amide bonds. The highest BCUT2D eigenvalue weighted by molar-refractivity contribution is 8.00. The van der Waals surface area contributed by atoms with E-state index in [1.807, 2.05) is 6.07 Å². The number of hydrogen-bond donors (Lipinski definition) is 0. The molecule has 0 aliphatic carbocycles. The number of thiazole rings is 1. The summed E-state index contributed by atoms with van der Waals surface area (Å²) in [5.74, 6) is -0.601. The zero-order chi connectivity index (χ0) is 21.6. The summed E-state index contributed by atoms with van der Waals surface area (Å²) in [4.78, 5) is 22.3. The van der Waals surface area contributed by atoms with Crippen molar-refractivity contribution in [1.82, 2.24) is 9.88 Å². The van der Waals surface area contributed by atoms with Crippen LogP contribution in [0, 0.1) is 11.6 Å². The average Bonchev–Trinajstić information content (AvgIpc) is 3.22. The van der Waals surface area contributed by atoms with E-state index in [-0.39, 0.29) is 35.7 Å². The third kappa shape index (κ3) is 6.39. The van der Waals surface area contributed by atoms with Gasteiger partial charge in [-0.05, 0) is 42.8 Å². The second-order valence-electron chi connectivity index (χ2n) is 7.18. The van der Waals surface area contributed by atoms with Crippen molar-refractivity contribution in [3.8, 4) is 0 Å². The van der Waals surface area contributed by atoms with Crippen LogP contribution in [0.15, 0.2) is 47.4 Å². The van der Waals surface area contributed by atoms with Gasteiger partial charge in [0, 0.05) is 31.1 Å². The second kappa shape index (κ2) is 11.9. The van der Waals surface area contributed by atoms with Gasteiger partial charge in [-0.15, -0.1) is 24.2 Å². The van der Waals surface area contributed by atoms with Gasteiger partial charge in [0.2, 0.25) is 5.91 Å². The third-order valence-electron chi connectivity index (χ3n) is 5.03. The molecule has 0 N–H and O–H groups in total. The van der Waals surface area contributed by atoms with Crippen molar-refractivity contribution in [2.75, 3.05) is 50.0 Å². The van der Waals surface area contributed by atoms with Gasteiger partial charge in [0.25, 0.3) is 0 Å². The molecule has 0 saturated carbocycles. The van der Waals surface area contributed by atoms with Gasteiger partial charge in [-0.1, -0.05) is 17.4 Å². The molecule has 172 valence electrons. The van der Waals surface area contributed by atoms with Crippen LogP contribution in [0.2, 0.25) is 0 Å². The molecule has 2 aromatic carbocycles. The molecule has 1 fully saturated rings. The number of benzene rings is 2. The summed E-state index contributed by atoms with van der Waals surface area (Å²) >= 11 is 2.67.